The fourth-order valence-electron chi connectivity index (χ4n) is 1.71. The van der Waals surface area contributed by atoms with Crippen LogP contribution >= 0.6 is 0 Å². The summed E-state index contributed by atoms with van der Waals surface area (Å²) in [5, 5.41) is 21.6. The molecule has 2 aromatic rings. The number of halogens is 1. The molecule has 20 heavy (non-hydrogen) atoms. The summed E-state index contributed by atoms with van der Waals surface area (Å²) in [4.78, 5) is 11.8. The molecule has 0 aliphatic carbocycles. The maximum absolute atomic E-state index is 12.8. The molecule has 0 atom stereocenters. The number of benzene rings is 2. The minimum Gasteiger partial charge on any atom is -0.508 e. The minimum absolute atomic E-state index is 0.00262. The summed E-state index contributed by atoms with van der Waals surface area (Å²) < 4.78 is 12.8. The van der Waals surface area contributed by atoms with Gasteiger partial charge in [0, 0.05) is 23.9 Å². The number of carbonyl (C=O) groups excluding carboxylic acids is 1. The summed E-state index contributed by atoms with van der Waals surface area (Å²) in [6, 6.07) is 7.59. The molecule has 0 spiro atoms. The van der Waals surface area contributed by atoms with Gasteiger partial charge in [0.2, 0.25) is 0 Å². The van der Waals surface area contributed by atoms with E-state index >= 15 is 0 Å². The van der Waals surface area contributed by atoms with Crippen molar-refractivity contribution in [2.75, 3.05) is 5.73 Å². The van der Waals surface area contributed by atoms with Gasteiger partial charge >= 0.3 is 0 Å². The van der Waals surface area contributed by atoms with Crippen LogP contribution in [0.5, 0.6) is 11.5 Å². The first-order valence-corrected chi connectivity index (χ1v) is 5.81. The van der Waals surface area contributed by atoms with Gasteiger partial charge in [0.1, 0.15) is 17.3 Å². The molecule has 2 rings (SSSR count). The predicted molar refractivity (Wildman–Crippen MR) is 71.8 cm³/mol. The van der Waals surface area contributed by atoms with Crippen LogP contribution in [0.3, 0.4) is 0 Å². The second-order valence-electron chi connectivity index (χ2n) is 4.23. The van der Waals surface area contributed by atoms with Gasteiger partial charge in [-0.15, -0.1) is 0 Å². The molecule has 0 heterocycles. The Morgan fingerprint density at radius 2 is 1.90 bits per heavy atom. The SMILES string of the molecule is Nc1ccc(O)c(CNC(=O)c2ccc(F)cc2O)c1. The Balaban J connectivity index is 2.10. The van der Waals surface area contributed by atoms with Crippen molar-refractivity contribution in [1.29, 1.82) is 0 Å². The van der Waals surface area contributed by atoms with Crippen LogP contribution in [0.25, 0.3) is 0 Å². The molecule has 5 nitrogen and oxygen atoms in total. The Labute approximate surface area is 114 Å². The van der Waals surface area contributed by atoms with Crippen LogP contribution < -0.4 is 11.1 Å². The Bertz CT molecular complexity index is 659. The predicted octanol–water partition coefficient (Wildman–Crippen LogP) is 1.75. The lowest BCUT2D eigenvalue weighted by Gasteiger charge is -2.09. The molecule has 1 amide bonds. The third kappa shape index (κ3) is 2.97. The average molecular weight is 276 g/mol. The van der Waals surface area contributed by atoms with Crippen LogP contribution in [0.15, 0.2) is 36.4 Å². The van der Waals surface area contributed by atoms with E-state index in [0.29, 0.717) is 11.3 Å². The highest BCUT2D eigenvalue weighted by atomic mass is 19.1. The Kier molecular flexibility index (Phi) is 3.74. The van der Waals surface area contributed by atoms with E-state index in [1.54, 1.807) is 0 Å². The van der Waals surface area contributed by atoms with Gasteiger partial charge in [0.05, 0.1) is 5.56 Å². The van der Waals surface area contributed by atoms with Crippen LogP contribution in [0.2, 0.25) is 0 Å². The number of hydrogen-bond donors (Lipinski definition) is 4. The summed E-state index contributed by atoms with van der Waals surface area (Å²) >= 11 is 0. The monoisotopic (exact) mass is 276 g/mol. The quantitative estimate of drug-likeness (QED) is 0.507. The average Bonchev–Trinajstić information content (AvgIpc) is 2.39. The van der Waals surface area contributed by atoms with Crippen LogP contribution in [0, 0.1) is 5.82 Å². The first-order chi connectivity index (χ1) is 9.47. The molecule has 0 fully saturated rings. The number of hydrogen-bond acceptors (Lipinski definition) is 4. The third-order valence-electron chi connectivity index (χ3n) is 2.75. The maximum atomic E-state index is 12.8. The summed E-state index contributed by atoms with van der Waals surface area (Å²) in [7, 11) is 0. The Hall–Kier alpha value is -2.76. The number of anilines is 1. The molecule has 0 aliphatic rings. The van der Waals surface area contributed by atoms with Crippen molar-refractivity contribution in [2.45, 2.75) is 6.54 Å². The number of carbonyl (C=O) groups is 1. The first kappa shape index (κ1) is 13.7. The zero-order chi connectivity index (χ0) is 14.7. The second-order valence-corrected chi connectivity index (χ2v) is 4.23. The number of phenols is 2. The Morgan fingerprint density at radius 3 is 2.60 bits per heavy atom. The van der Waals surface area contributed by atoms with Gasteiger partial charge in [-0.25, -0.2) is 4.39 Å². The molecular weight excluding hydrogens is 263 g/mol. The molecule has 0 aromatic heterocycles. The van der Waals surface area contributed by atoms with Crippen molar-refractivity contribution in [3.05, 3.63) is 53.3 Å². The zero-order valence-electron chi connectivity index (χ0n) is 10.4. The van der Waals surface area contributed by atoms with Gasteiger partial charge in [-0.2, -0.15) is 0 Å². The highest BCUT2D eigenvalue weighted by Gasteiger charge is 2.12. The van der Waals surface area contributed by atoms with Gasteiger partial charge in [-0.05, 0) is 30.3 Å². The fraction of sp³-hybridized carbons (Fsp3) is 0.0714. The number of rotatable bonds is 3. The molecule has 2 aromatic carbocycles. The van der Waals surface area contributed by atoms with E-state index in [1.807, 2.05) is 0 Å². The van der Waals surface area contributed by atoms with Gasteiger partial charge in [-0.1, -0.05) is 0 Å². The van der Waals surface area contributed by atoms with Gasteiger partial charge in [0.25, 0.3) is 5.91 Å². The van der Waals surface area contributed by atoms with Crippen LogP contribution in [-0.4, -0.2) is 16.1 Å². The Morgan fingerprint density at radius 1 is 1.15 bits per heavy atom. The largest absolute Gasteiger partial charge is 0.508 e. The summed E-state index contributed by atoms with van der Waals surface area (Å²) in [5.74, 6) is -1.65. The fourth-order valence-corrected chi connectivity index (χ4v) is 1.71. The highest BCUT2D eigenvalue weighted by molar-refractivity contribution is 5.96. The zero-order valence-corrected chi connectivity index (χ0v) is 10.4. The molecule has 0 bridgehead atoms. The van der Waals surface area contributed by atoms with Gasteiger partial charge in [-0.3, -0.25) is 4.79 Å². The number of amides is 1. The van der Waals surface area contributed by atoms with E-state index in [1.165, 1.54) is 24.3 Å². The molecule has 0 unspecified atom stereocenters. The molecular formula is C14H13FN2O3. The summed E-state index contributed by atoms with van der Waals surface area (Å²) in [6.07, 6.45) is 0. The summed E-state index contributed by atoms with van der Waals surface area (Å²) in [5.41, 5.74) is 6.43. The van der Waals surface area contributed by atoms with Crippen molar-refractivity contribution < 1.29 is 19.4 Å². The van der Waals surface area contributed by atoms with Gasteiger partial charge < -0.3 is 21.3 Å². The van der Waals surface area contributed by atoms with E-state index in [2.05, 4.69) is 5.32 Å². The number of phenolic OH excluding ortho intramolecular Hbond substituents is 2. The lowest BCUT2D eigenvalue weighted by atomic mass is 10.1. The number of aromatic hydroxyl groups is 2. The minimum atomic E-state index is -0.632. The number of nitrogen functional groups attached to an aromatic ring is 1. The molecule has 0 saturated carbocycles. The van der Waals surface area contributed by atoms with Crippen molar-refractivity contribution in [3.63, 3.8) is 0 Å². The molecule has 6 heteroatoms. The molecule has 0 saturated heterocycles. The number of nitrogens with two attached hydrogens (primary N) is 1. The van der Waals surface area contributed by atoms with Crippen molar-refractivity contribution >= 4 is 11.6 Å². The highest BCUT2D eigenvalue weighted by Crippen LogP contribution is 2.21. The smallest absolute Gasteiger partial charge is 0.255 e. The van der Waals surface area contributed by atoms with Crippen LogP contribution in [-0.2, 0) is 6.54 Å². The van der Waals surface area contributed by atoms with Crippen molar-refractivity contribution in [1.82, 2.24) is 5.32 Å². The maximum Gasteiger partial charge on any atom is 0.255 e. The third-order valence-corrected chi connectivity index (χ3v) is 2.75. The standard InChI is InChI=1S/C14H13FN2O3/c15-9-1-3-11(13(19)6-9)14(20)17-7-8-5-10(16)2-4-12(8)18/h1-6,18-19H,7,16H2,(H,17,20). The first-order valence-electron chi connectivity index (χ1n) is 5.81. The van der Waals surface area contributed by atoms with E-state index in [4.69, 9.17) is 5.73 Å². The lowest BCUT2D eigenvalue weighted by Crippen LogP contribution is -2.23. The van der Waals surface area contributed by atoms with Crippen molar-refractivity contribution in [3.8, 4) is 11.5 Å². The number of nitrogens with one attached hydrogen (secondary N) is 1. The molecule has 0 aliphatic heterocycles. The molecule has 0 radical (unpaired) electrons. The second kappa shape index (κ2) is 5.48. The van der Waals surface area contributed by atoms with Crippen LogP contribution in [0.4, 0.5) is 10.1 Å². The van der Waals surface area contributed by atoms with E-state index in [9.17, 15) is 19.4 Å². The normalized spacial score (nSPS) is 10.2. The van der Waals surface area contributed by atoms with Gasteiger partial charge in [0.15, 0.2) is 0 Å². The molecule has 5 N–H and O–H groups in total. The summed E-state index contributed by atoms with van der Waals surface area (Å²) in [6.45, 7) is 0.0342. The molecule has 104 valence electrons. The van der Waals surface area contributed by atoms with Crippen LogP contribution in [0.1, 0.15) is 15.9 Å². The van der Waals surface area contributed by atoms with E-state index in [-0.39, 0.29) is 17.9 Å². The van der Waals surface area contributed by atoms with E-state index < -0.39 is 17.5 Å². The van der Waals surface area contributed by atoms with E-state index in [0.717, 1.165) is 12.1 Å². The lowest BCUT2D eigenvalue weighted by molar-refractivity contribution is 0.0948. The topological polar surface area (TPSA) is 95.6 Å². The van der Waals surface area contributed by atoms with Crippen molar-refractivity contribution in [2.24, 2.45) is 0 Å².